The Labute approximate surface area is 199 Å². The van der Waals surface area contributed by atoms with Gasteiger partial charge in [0.1, 0.15) is 0 Å². The van der Waals surface area contributed by atoms with Gasteiger partial charge < -0.3 is 4.90 Å². The van der Waals surface area contributed by atoms with Crippen LogP contribution in [0.2, 0.25) is 10.0 Å². The number of anilines is 1. The Balaban J connectivity index is 1.40. The Morgan fingerprint density at radius 2 is 1.75 bits per heavy atom. The molecule has 8 nitrogen and oxygen atoms in total. The smallest absolute Gasteiger partial charge is 0.269 e. The van der Waals surface area contributed by atoms with E-state index in [9.17, 15) is 18.5 Å². The maximum absolute atomic E-state index is 12.9. The second-order valence-electron chi connectivity index (χ2n) is 7.18. The zero-order chi connectivity index (χ0) is 22.9. The number of rotatable bonds is 6. The number of halogens is 2. The third kappa shape index (κ3) is 4.89. The minimum atomic E-state index is -3.71. The molecule has 0 N–H and O–H groups in total. The van der Waals surface area contributed by atoms with Crippen LogP contribution in [0.3, 0.4) is 0 Å². The molecule has 0 atom stereocenters. The summed E-state index contributed by atoms with van der Waals surface area (Å²) in [6.07, 6.45) is 0.584. The second-order valence-corrected chi connectivity index (χ2v) is 10.8. The van der Waals surface area contributed by atoms with Crippen molar-refractivity contribution in [3.05, 3.63) is 79.3 Å². The first-order chi connectivity index (χ1) is 15.2. The molecule has 0 radical (unpaired) electrons. The lowest BCUT2D eigenvalue weighted by atomic mass is 10.1. The molecule has 0 saturated carbocycles. The molecule has 1 aliphatic heterocycles. The lowest BCUT2D eigenvalue weighted by Gasteiger charge is -2.33. The average Bonchev–Trinajstić information content (AvgIpc) is 3.24. The lowest BCUT2D eigenvalue weighted by Crippen LogP contribution is -2.48. The van der Waals surface area contributed by atoms with Crippen LogP contribution >= 0.6 is 34.5 Å². The number of aromatic nitrogens is 1. The van der Waals surface area contributed by atoms with E-state index < -0.39 is 14.9 Å². The van der Waals surface area contributed by atoms with Crippen molar-refractivity contribution in [2.24, 2.45) is 0 Å². The van der Waals surface area contributed by atoms with Crippen LogP contribution in [-0.2, 0) is 16.4 Å². The molecular formula is C20H18Cl2N4O4S2. The highest BCUT2D eigenvalue weighted by Gasteiger charge is 2.29. The Bertz CT molecular complexity index is 1240. The summed E-state index contributed by atoms with van der Waals surface area (Å²) in [5.74, 6) is 0. The third-order valence-electron chi connectivity index (χ3n) is 5.12. The number of nitro benzene ring substituents is 1. The molecule has 2 aromatic carbocycles. The summed E-state index contributed by atoms with van der Waals surface area (Å²) in [5, 5.41) is 14.8. The van der Waals surface area contributed by atoms with Gasteiger partial charge in [-0.05, 0) is 29.8 Å². The molecule has 2 heterocycles. The van der Waals surface area contributed by atoms with Crippen molar-refractivity contribution >= 4 is 55.4 Å². The molecule has 1 saturated heterocycles. The zero-order valence-electron chi connectivity index (χ0n) is 16.6. The van der Waals surface area contributed by atoms with Crippen LogP contribution in [0.5, 0.6) is 0 Å². The van der Waals surface area contributed by atoms with Crippen LogP contribution in [0.4, 0.5) is 10.8 Å². The summed E-state index contributed by atoms with van der Waals surface area (Å²) in [4.78, 5) is 17.0. The van der Waals surface area contributed by atoms with Gasteiger partial charge in [0, 0.05) is 60.2 Å². The third-order valence-corrected chi connectivity index (χ3v) is 8.57. The fourth-order valence-electron chi connectivity index (χ4n) is 3.39. The average molecular weight is 513 g/mol. The van der Waals surface area contributed by atoms with Crippen LogP contribution in [0, 0.1) is 10.1 Å². The van der Waals surface area contributed by atoms with Crippen molar-refractivity contribution in [1.29, 1.82) is 0 Å². The molecule has 0 unspecified atom stereocenters. The van der Waals surface area contributed by atoms with Crippen molar-refractivity contribution in [3.8, 4) is 0 Å². The van der Waals surface area contributed by atoms with E-state index in [2.05, 4.69) is 9.88 Å². The van der Waals surface area contributed by atoms with E-state index in [1.165, 1.54) is 39.9 Å². The van der Waals surface area contributed by atoms with Gasteiger partial charge in [0.05, 0.1) is 15.5 Å². The van der Waals surface area contributed by atoms with Gasteiger partial charge in [0.2, 0.25) is 10.0 Å². The van der Waals surface area contributed by atoms with Crippen molar-refractivity contribution in [1.82, 2.24) is 9.29 Å². The monoisotopic (exact) mass is 512 g/mol. The van der Waals surface area contributed by atoms with Crippen LogP contribution < -0.4 is 4.90 Å². The van der Waals surface area contributed by atoms with Crippen LogP contribution in [0.1, 0.15) is 11.3 Å². The van der Waals surface area contributed by atoms with Gasteiger partial charge in [-0.2, -0.15) is 4.31 Å². The van der Waals surface area contributed by atoms with Gasteiger partial charge in [0.15, 0.2) is 5.13 Å². The van der Waals surface area contributed by atoms with Gasteiger partial charge in [-0.25, -0.2) is 13.4 Å². The molecule has 0 aliphatic carbocycles. The van der Waals surface area contributed by atoms with Crippen LogP contribution in [-0.4, -0.2) is 48.8 Å². The van der Waals surface area contributed by atoms with E-state index in [1.807, 2.05) is 11.4 Å². The van der Waals surface area contributed by atoms with Gasteiger partial charge in [0.25, 0.3) is 5.69 Å². The summed E-state index contributed by atoms with van der Waals surface area (Å²) in [6.45, 7) is 1.61. The number of hydrogen-bond acceptors (Lipinski definition) is 7. The summed E-state index contributed by atoms with van der Waals surface area (Å²) in [6, 6.07) is 10.3. The van der Waals surface area contributed by atoms with Gasteiger partial charge in [-0.15, -0.1) is 11.3 Å². The topological polar surface area (TPSA) is 96.6 Å². The predicted molar refractivity (Wildman–Crippen MR) is 125 cm³/mol. The van der Waals surface area contributed by atoms with E-state index >= 15 is 0 Å². The first-order valence-corrected chi connectivity index (χ1v) is 12.7. The summed E-state index contributed by atoms with van der Waals surface area (Å²) < 4.78 is 27.2. The van der Waals surface area contributed by atoms with Crippen molar-refractivity contribution in [3.63, 3.8) is 0 Å². The maximum atomic E-state index is 12.9. The van der Waals surface area contributed by atoms with Gasteiger partial charge in [-0.1, -0.05) is 29.3 Å². The number of benzene rings is 2. The first kappa shape index (κ1) is 22.9. The van der Waals surface area contributed by atoms with Gasteiger partial charge >= 0.3 is 0 Å². The molecule has 1 aromatic heterocycles. The quantitative estimate of drug-likeness (QED) is 0.357. The van der Waals surface area contributed by atoms with E-state index in [-0.39, 0.29) is 10.6 Å². The molecule has 0 amide bonds. The summed E-state index contributed by atoms with van der Waals surface area (Å²) >= 11 is 13.7. The molecule has 1 aliphatic rings. The van der Waals surface area contributed by atoms with Crippen molar-refractivity contribution in [2.75, 3.05) is 31.1 Å². The fourth-order valence-corrected chi connectivity index (χ4v) is 6.17. The Hall–Kier alpha value is -2.24. The lowest BCUT2D eigenvalue weighted by molar-refractivity contribution is -0.384. The highest BCUT2D eigenvalue weighted by molar-refractivity contribution is 7.89. The molecular weight excluding hydrogens is 495 g/mol. The number of sulfonamides is 1. The van der Waals surface area contributed by atoms with Crippen LogP contribution in [0.25, 0.3) is 0 Å². The number of nitro groups is 1. The molecule has 0 spiro atoms. The summed E-state index contributed by atoms with van der Waals surface area (Å²) in [5.41, 5.74) is 1.68. The Morgan fingerprint density at radius 1 is 1.06 bits per heavy atom. The van der Waals surface area contributed by atoms with Crippen molar-refractivity contribution < 1.29 is 13.3 Å². The SMILES string of the molecule is O=[N+]([O-])c1ccc(S(=O)(=O)N2CCN(c3nc(Cc4ccc(Cl)cc4Cl)cs3)CC2)cc1. The Kier molecular flexibility index (Phi) is 6.68. The minimum absolute atomic E-state index is 0.0490. The number of hydrogen-bond donors (Lipinski definition) is 0. The molecule has 4 rings (SSSR count). The van der Waals surface area contributed by atoms with E-state index in [0.29, 0.717) is 42.6 Å². The summed E-state index contributed by atoms with van der Waals surface area (Å²) in [7, 11) is -3.71. The number of nitrogens with zero attached hydrogens (tertiary/aromatic N) is 4. The second kappa shape index (κ2) is 9.32. The first-order valence-electron chi connectivity index (χ1n) is 9.62. The molecule has 0 bridgehead atoms. The highest BCUT2D eigenvalue weighted by atomic mass is 35.5. The standard InChI is InChI=1S/C20H18Cl2N4O4S2/c21-15-2-1-14(19(22)12-15)11-16-13-31-20(23-16)24-7-9-25(10-8-24)32(29,30)18-5-3-17(4-6-18)26(27)28/h1-6,12-13H,7-11H2. The highest BCUT2D eigenvalue weighted by Crippen LogP contribution is 2.28. The largest absolute Gasteiger partial charge is 0.345 e. The minimum Gasteiger partial charge on any atom is -0.345 e. The Morgan fingerprint density at radius 3 is 2.38 bits per heavy atom. The fraction of sp³-hybridized carbons (Fsp3) is 0.250. The molecule has 3 aromatic rings. The molecule has 32 heavy (non-hydrogen) atoms. The predicted octanol–water partition coefficient (Wildman–Crippen LogP) is 4.46. The van der Waals surface area contributed by atoms with Crippen LogP contribution in [0.15, 0.2) is 52.7 Å². The van der Waals surface area contributed by atoms with E-state index in [0.717, 1.165) is 16.4 Å². The normalized spacial score (nSPS) is 15.1. The zero-order valence-corrected chi connectivity index (χ0v) is 19.8. The number of piperazine rings is 1. The molecule has 168 valence electrons. The van der Waals surface area contributed by atoms with E-state index in [1.54, 1.807) is 12.1 Å². The maximum Gasteiger partial charge on any atom is 0.269 e. The number of thiazole rings is 1. The van der Waals surface area contributed by atoms with Gasteiger partial charge in [-0.3, -0.25) is 10.1 Å². The van der Waals surface area contributed by atoms with E-state index in [4.69, 9.17) is 23.2 Å². The molecule has 1 fully saturated rings. The number of non-ortho nitro benzene ring substituents is 1. The van der Waals surface area contributed by atoms with Crippen molar-refractivity contribution in [2.45, 2.75) is 11.3 Å². The molecule has 12 heteroatoms.